The first kappa shape index (κ1) is 15.6. The quantitative estimate of drug-likeness (QED) is 0.822. The lowest BCUT2D eigenvalue weighted by Crippen LogP contribution is -2.22. The van der Waals surface area contributed by atoms with Crippen molar-refractivity contribution in [2.75, 3.05) is 0 Å². The zero-order valence-electron chi connectivity index (χ0n) is 12.7. The van der Waals surface area contributed by atoms with E-state index in [-0.39, 0.29) is 12.1 Å². The average Bonchev–Trinajstić information content (AvgIpc) is 2.50. The molecule has 0 aliphatic rings. The standard InChI is InChI=1S/C18H21F2N/c1-4-14-5-7-15(8-6-14)12(2)21-13(3)16-9-10-17(19)18(20)11-16/h5-13,21H,4H2,1-3H3. The molecule has 0 aliphatic carbocycles. The van der Waals surface area contributed by atoms with Crippen LogP contribution in [0.15, 0.2) is 42.5 Å². The van der Waals surface area contributed by atoms with E-state index >= 15 is 0 Å². The summed E-state index contributed by atoms with van der Waals surface area (Å²) in [6.45, 7) is 6.14. The minimum Gasteiger partial charge on any atom is -0.304 e. The van der Waals surface area contributed by atoms with E-state index in [1.165, 1.54) is 23.3 Å². The summed E-state index contributed by atoms with van der Waals surface area (Å²) in [4.78, 5) is 0. The predicted octanol–water partition coefficient (Wildman–Crippen LogP) is 4.94. The number of hydrogen-bond donors (Lipinski definition) is 1. The van der Waals surface area contributed by atoms with Gasteiger partial charge in [0, 0.05) is 12.1 Å². The highest BCUT2D eigenvalue weighted by Crippen LogP contribution is 2.21. The second-order valence-electron chi connectivity index (χ2n) is 5.38. The van der Waals surface area contributed by atoms with E-state index in [9.17, 15) is 8.78 Å². The Balaban J connectivity index is 2.06. The van der Waals surface area contributed by atoms with E-state index in [0.29, 0.717) is 0 Å². The van der Waals surface area contributed by atoms with Gasteiger partial charge in [-0.25, -0.2) is 8.78 Å². The van der Waals surface area contributed by atoms with Gasteiger partial charge in [-0.2, -0.15) is 0 Å². The third-order valence-corrected chi connectivity index (χ3v) is 3.83. The van der Waals surface area contributed by atoms with Crippen LogP contribution in [0.3, 0.4) is 0 Å². The van der Waals surface area contributed by atoms with Crippen molar-refractivity contribution < 1.29 is 8.78 Å². The Morgan fingerprint density at radius 2 is 1.43 bits per heavy atom. The van der Waals surface area contributed by atoms with Crippen LogP contribution in [0.2, 0.25) is 0 Å². The molecule has 0 aromatic heterocycles. The van der Waals surface area contributed by atoms with Crippen molar-refractivity contribution in [3.05, 3.63) is 70.8 Å². The molecule has 2 atom stereocenters. The molecule has 0 bridgehead atoms. The Labute approximate surface area is 125 Å². The van der Waals surface area contributed by atoms with Crippen molar-refractivity contribution in [3.63, 3.8) is 0 Å². The molecule has 0 fully saturated rings. The first-order chi connectivity index (χ1) is 10.0. The van der Waals surface area contributed by atoms with Crippen LogP contribution in [-0.4, -0.2) is 0 Å². The molecule has 1 N–H and O–H groups in total. The van der Waals surface area contributed by atoms with Gasteiger partial charge in [0.05, 0.1) is 0 Å². The van der Waals surface area contributed by atoms with Crippen molar-refractivity contribution in [1.29, 1.82) is 0 Å². The molecule has 0 saturated heterocycles. The van der Waals surface area contributed by atoms with Gasteiger partial charge in [0.15, 0.2) is 11.6 Å². The van der Waals surface area contributed by atoms with Crippen LogP contribution in [0, 0.1) is 11.6 Å². The van der Waals surface area contributed by atoms with Crippen molar-refractivity contribution in [3.8, 4) is 0 Å². The highest BCUT2D eigenvalue weighted by atomic mass is 19.2. The van der Waals surface area contributed by atoms with Gasteiger partial charge in [0.2, 0.25) is 0 Å². The van der Waals surface area contributed by atoms with Crippen LogP contribution >= 0.6 is 0 Å². The monoisotopic (exact) mass is 289 g/mol. The Morgan fingerprint density at radius 3 is 2.00 bits per heavy atom. The maximum absolute atomic E-state index is 13.3. The fraction of sp³-hybridized carbons (Fsp3) is 0.333. The van der Waals surface area contributed by atoms with Gasteiger partial charge in [0.1, 0.15) is 0 Å². The zero-order chi connectivity index (χ0) is 15.4. The van der Waals surface area contributed by atoms with Crippen molar-refractivity contribution in [1.82, 2.24) is 5.32 Å². The van der Waals surface area contributed by atoms with E-state index < -0.39 is 11.6 Å². The van der Waals surface area contributed by atoms with E-state index in [1.807, 2.05) is 6.92 Å². The lowest BCUT2D eigenvalue weighted by Gasteiger charge is -2.21. The summed E-state index contributed by atoms with van der Waals surface area (Å²) < 4.78 is 26.2. The Hall–Kier alpha value is -1.74. The number of halogens is 2. The normalized spacial score (nSPS) is 14.0. The highest BCUT2D eigenvalue weighted by Gasteiger charge is 2.13. The summed E-state index contributed by atoms with van der Waals surface area (Å²) in [7, 11) is 0. The van der Waals surface area contributed by atoms with Gasteiger partial charge in [-0.05, 0) is 49.1 Å². The molecule has 1 nitrogen and oxygen atoms in total. The fourth-order valence-electron chi connectivity index (χ4n) is 2.39. The van der Waals surface area contributed by atoms with E-state index in [4.69, 9.17) is 0 Å². The maximum Gasteiger partial charge on any atom is 0.159 e. The Morgan fingerprint density at radius 1 is 0.857 bits per heavy atom. The SMILES string of the molecule is CCc1ccc(C(C)NC(C)c2ccc(F)c(F)c2)cc1. The molecule has 2 unspecified atom stereocenters. The average molecular weight is 289 g/mol. The number of rotatable bonds is 5. The smallest absolute Gasteiger partial charge is 0.159 e. The van der Waals surface area contributed by atoms with E-state index in [2.05, 4.69) is 43.4 Å². The third-order valence-electron chi connectivity index (χ3n) is 3.83. The lowest BCUT2D eigenvalue weighted by atomic mass is 10.0. The third kappa shape index (κ3) is 3.88. The molecule has 2 rings (SSSR count). The lowest BCUT2D eigenvalue weighted by molar-refractivity contribution is 0.480. The number of benzene rings is 2. The summed E-state index contributed by atoms with van der Waals surface area (Å²) >= 11 is 0. The number of hydrogen-bond acceptors (Lipinski definition) is 1. The number of nitrogens with one attached hydrogen (secondary N) is 1. The molecule has 0 heterocycles. The molecule has 0 spiro atoms. The van der Waals surface area contributed by atoms with Crippen LogP contribution in [-0.2, 0) is 6.42 Å². The van der Waals surface area contributed by atoms with Crippen molar-refractivity contribution >= 4 is 0 Å². The van der Waals surface area contributed by atoms with Gasteiger partial charge in [-0.3, -0.25) is 0 Å². The summed E-state index contributed by atoms with van der Waals surface area (Å²) in [5.74, 6) is -1.62. The predicted molar refractivity (Wildman–Crippen MR) is 82.1 cm³/mol. The van der Waals surface area contributed by atoms with Crippen molar-refractivity contribution in [2.45, 2.75) is 39.3 Å². The Bertz CT molecular complexity index is 593. The molecular weight excluding hydrogens is 268 g/mol. The fourth-order valence-corrected chi connectivity index (χ4v) is 2.39. The second-order valence-corrected chi connectivity index (χ2v) is 5.38. The van der Waals surface area contributed by atoms with Crippen LogP contribution in [0.1, 0.15) is 49.5 Å². The summed E-state index contributed by atoms with van der Waals surface area (Å²) in [6, 6.07) is 12.6. The number of aryl methyl sites for hydroxylation is 1. The molecule has 21 heavy (non-hydrogen) atoms. The largest absolute Gasteiger partial charge is 0.304 e. The zero-order valence-corrected chi connectivity index (χ0v) is 12.7. The molecule has 0 saturated carbocycles. The molecule has 0 aliphatic heterocycles. The van der Waals surface area contributed by atoms with Crippen LogP contribution in [0.25, 0.3) is 0 Å². The van der Waals surface area contributed by atoms with Crippen LogP contribution in [0.4, 0.5) is 8.78 Å². The summed E-state index contributed by atoms with van der Waals surface area (Å²) in [5, 5.41) is 3.41. The first-order valence-electron chi connectivity index (χ1n) is 7.31. The molecule has 3 heteroatoms. The van der Waals surface area contributed by atoms with Gasteiger partial charge >= 0.3 is 0 Å². The van der Waals surface area contributed by atoms with Crippen molar-refractivity contribution in [2.24, 2.45) is 0 Å². The van der Waals surface area contributed by atoms with Crippen LogP contribution in [0.5, 0.6) is 0 Å². The van der Waals surface area contributed by atoms with Gasteiger partial charge in [0.25, 0.3) is 0 Å². The van der Waals surface area contributed by atoms with Crippen LogP contribution < -0.4 is 5.32 Å². The summed E-state index contributed by atoms with van der Waals surface area (Å²) in [6.07, 6.45) is 1.02. The molecule has 2 aromatic rings. The molecule has 0 radical (unpaired) electrons. The van der Waals surface area contributed by atoms with Gasteiger partial charge < -0.3 is 5.32 Å². The topological polar surface area (TPSA) is 12.0 Å². The highest BCUT2D eigenvalue weighted by molar-refractivity contribution is 5.26. The maximum atomic E-state index is 13.3. The first-order valence-corrected chi connectivity index (χ1v) is 7.31. The Kier molecular flexibility index (Phi) is 5.07. The summed E-state index contributed by atoms with van der Waals surface area (Å²) in [5.41, 5.74) is 3.23. The second kappa shape index (κ2) is 6.81. The minimum atomic E-state index is -0.811. The van der Waals surface area contributed by atoms with E-state index in [0.717, 1.165) is 12.0 Å². The van der Waals surface area contributed by atoms with Gasteiger partial charge in [-0.1, -0.05) is 37.3 Å². The molecule has 112 valence electrons. The minimum absolute atomic E-state index is 0.0547. The van der Waals surface area contributed by atoms with Gasteiger partial charge in [-0.15, -0.1) is 0 Å². The molecule has 2 aromatic carbocycles. The molecule has 0 amide bonds. The molecular formula is C18H21F2N. The van der Waals surface area contributed by atoms with E-state index in [1.54, 1.807) is 6.07 Å².